The Morgan fingerprint density at radius 1 is 1.50 bits per heavy atom. The van der Waals surface area contributed by atoms with Gasteiger partial charge >= 0.3 is 5.97 Å². The van der Waals surface area contributed by atoms with E-state index in [2.05, 4.69) is 31.0 Å². The van der Waals surface area contributed by atoms with E-state index in [1.807, 2.05) is 24.3 Å². The fourth-order valence-corrected chi connectivity index (χ4v) is 2.03. The number of hydrogen-bond donors (Lipinski definition) is 1. The minimum atomic E-state index is -0.224. The number of halogens is 1. The Labute approximate surface area is 113 Å². The number of benzene rings is 1. The summed E-state index contributed by atoms with van der Waals surface area (Å²) in [6.45, 7) is 0.531. The Morgan fingerprint density at radius 2 is 2.33 bits per heavy atom. The molecule has 0 atom stereocenters. The van der Waals surface area contributed by atoms with Crippen LogP contribution < -0.4 is 5.32 Å². The minimum Gasteiger partial charge on any atom is -0.469 e. The number of hydrogen-bond acceptors (Lipinski definition) is 4. The molecule has 0 aliphatic rings. The van der Waals surface area contributed by atoms with Gasteiger partial charge in [-0.15, -0.1) is 0 Å². The fourth-order valence-electron chi connectivity index (χ4n) is 1.68. The summed E-state index contributed by atoms with van der Waals surface area (Å²) in [7, 11) is 1.39. The summed E-state index contributed by atoms with van der Waals surface area (Å²) in [4.78, 5) is 15.4. The normalized spacial score (nSPS) is 10.3. The molecule has 5 heteroatoms. The molecule has 0 radical (unpaired) electrons. The summed E-state index contributed by atoms with van der Waals surface area (Å²) in [5, 5.41) is 4.24. The molecule has 0 saturated heterocycles. The summed E-state index contributed by atoms with van der Waals surface area (Å²) in [6, 6.07) is 7.91. The third-order valence-corrected chi connectivity index (χ3v) is 2.98. The summed E-state index contributed by atoms with van der Waals surface area (Å²) in [5.41, 5.74) is 1.81. The molecule has 4 nitrogen and oxygen atoms in total. The fraction of sp³-hybridized carbons (Fsp3) is 0.231. The molecular formula is C13H13BrN2O2. The molecule has 1 N–H and O–H groups in total. The van der Waals surface area contributed by atoms with Crippen molar-refractivity contribution in [3.8, 4) is 0 Å². The largest absolute Gasteiger partial charge is 0.469 e. The molecule has 18 heavy (non-hydrogen) atoms. The first-order valence-corrected chi connectivity index (χ1v) is 6.35. The van der Waals surface area contributed by atoms with Crippen molar-refractivity contribution in [3.63, 3.8) is 0 Å². The number of aromatic nitrogens is 1. The minimum absolute atomic E-state index is 0.224. The van der Waals surface area contributed by atoms with E-state index in [9.17, 15) is 4.79 Å². The number of pyridine rings is 1. The number of esters is 1. The molecule has 1 heterocycles. The van der Waals surface area contributed by atoms with Crippen LogP contribution in [0.5, 0.6) is 0 Å². The summed E-state index contributed by atoms with van der Waals surface area (Å²) >= 11 is 3.39. The van der Waals surface area contributed by atoms with Crippen LogP contribution >= 0.6 is 15.9 Å². The second-order valence-electron chi connectivity index (χ2n) is 3.78. The van der Waals surface area contributed by atoms with Gasteiger partial charge in [0.1, 0.15) is 0 Å². The van der Waals surface area contributed by atoms with Crippen LogP contribution in [0.2, 0.25) is 0 Å². The number of carbonyl (C=O) groups is 1. The number of fused-ring (bicyclic) bond motifs is 1. The van der Waals surface area contributed by atoms with Gasteiger partial charge in [0.15, 0.2) is 0 Å². The lowest BCUT2D eigenvalue weighted by molar-refractivity contribution is -0.140. The number of carbonyl (C=O) groups excluding carboxylic acids is 1. The molecule has 2 aromatic rings. The molecule has 0 bridgehead atoms. The third kappa shape index (κ3) is 2.98. The van der Waals surface area contributed by atoms with Crippen molar-refractivity contribution in [1.82, 2.24) is 4.98 Å². The Kier molecular flexibility index (Phi) is 4.15. The standard InChI is InChI=1S/C13H13BrN2O2/c1-18-12(17)5-6-15-11-4-2-3-9-7-10(14)8-16-13(9)11/h2-4,7-8,15H,5-6H2,1H3. The maximum Gasteiger partial charge on any atom is 0.307 e. The first-order valence-electron chi connectivity index (χ1n) is 5.55. The maximum absolute atomic E-state index is 11.0. The van der Waals surface area contributed by atoms with E-state index in [1.165, 1.54) is 7.11 Å². The number of nitrogens with one attached hydrogen (secondary N) is 1. The number of ether oxygens (including phenoxy) is 1. The van der Waals surface area contributed by atoms with Crippen molar-refractivity contribution in [2.75, 3.05) is 19.0 Å². The van der Waals surface area contributed by atoms with Crippen LogP contribution in [0.1, 0.15) is 6.42 Å². The molecular weight excluding hydrogens is 296 g/mol. The highest BCUT2D eigenvalue weighted by Crippen LogP contribution is 2.23. The molecule has 0 aliphatic heterocycles. The van der Waals surface area contributed by atoms with E-state index in [0.29, 0.717) is 13.0 Å². The predicted octanol–water partition coefficient (Wildman–Crippen LogP) is 2.97. The van der Waals surface area contributed by atoms with E-state index in [-0.39, 0.29) is 5.97 Å². The molecule has 1 aromatic heterocycles. The first kappa shape index (κ1) is 12.8. The van der Waals surface area contributed by atoms with Gasteiger partial charge in [-0.2, -0.15) is 0 Å². The van der Waals surface area contributed by atoms with Crippen LogP contribution in [0.25, 0.3) is 10.9 Å². The lowest BCUT2D eigenvalue weighted by atomic mass is 10.2. The average molecular weight is 309 g/mol. The number of methoxy groups -OCH3 is 1. The monoisotopic (exact) mass is 308 g/mol. The van der Waals surface area contributed by atoms with Crippen LogP contribution in [0.3, 0.4) is 0 Å². The van der Waals surface area contributed by atoms with Crippen LogP contribution in [-0.2, 0) is 9.53 Å². The summed E-state index contributed by atoms with van der Waals surface area (Å²) in [6.07, 6.45) is 2.09. The van der Waals surface area contributed by atoms with Crippen molar-refractivity contribution < 1.29 is 9.53 Å². The Morgan fingerprint density at radius 3 is 3.11 bits per heavy atom. The Hall–Kier alpha value is -1.62. The first-order chi connectivity index (χ1) is 8.70. The highest BCUT2D eigenvalue weighted by Gasteiger charge is 2.04. The molecule has 94 valence electrons. The van der Waals surface area contributed by atoms with Crippen LogP contribution in [0.4, 0.5) is 5.69 Å². The zero-order valence-corrected chi connectivity index (χ0v) is 11.5. The molecule has 2 rings (SSSR count). The lowest BCUT2D eigenvalue weighted by Crippen LogP contribution is -2.10. The van der Waals surface area contributed by atoms with Crippen molar-refractivity contribution in [1.29, 1.82) is 0 Å². The van der Waals surface area contributed by atoms with E-state index in [1.54, 1.807) is 6.20 Å². The van der Waals surface area contributed by atoms with E-state index in [0.717, 1.165) is 21.1 Å². The van der Waals surface area contributed by atoms with Crippen LogP contribution in [-0.4, -0.2) is 24.6 Å². The number of para-hydroxylation sites is 1. The maximum atomic E-state index is 11.0. The second-order valence-corrected chi connectivity index (χ2v) is 4.70. The summed E-state index contributed by atoms with van der Waals surface area (Å²) in [5.74, 6) is -0.224. The molecule has 0 unspecified atom stereocenters. The molecule has 1 aromatic carbocycles. The Bertz CT molecular complexity index is 572. The molecule has 0 saturated carbocycles. The quantitative estimate of drug-likeness (QED) is 0.882. The molecule has 0 fully saturated rings. The van der Waals surface area contributed by atoms with Crippen LogP contribution in [0, 0.1) is 0 Å². The van der Waals surface area contributed by atoms with Gasteiger partial charge in [0, 0.05) is 22.6 Å². The van der Waals surface area contributed by atoms with Gasteiger partial charge in [-0.3, -0.25) is 9.78 Å². The van der Waals surface area contributed by atoms with Gasteiger partial charge in [-0.05, 0) is 28.1 Å². The van der Waals surface area contributed by atoms with Crippen molar-refractivity contribution >= 4 is 38.5 Å². The Balaban J connectivity index is 2.15. The van der Waals surface area contributed by atoms with Gasteiger partial charge in [0.25, 0.3) is 0 Å². The number of rotatable bonds is 4. The number of nitrogens with zero attached hydrogens (tertiary/aromatic N) is 1. The highest BCUT2D eigenvalue weighted by molar-refractivity contribution is 9.10. The van der Waals surface area contributed by atoms with Gasteiger partial charge < -0.3 is 10.1 Å². The predicted molar refractivity (Wildman–Crippen MR) is 74.6 cm³/mol. The van der Waals surface area contributed by atoms with Crippen molar-refractivity contribution in [2.45, 2.75) is 6.42 Å². The zero-order valence-electron chi connectivity index (χ0n) is 9.94. The highest BCUT2D eigenvalue weighted by atomic mass is 79.9. The second kappa shape index (κ2) is 5.82. The van der Waals surface area contributed by atoms with Crippen LogP contribution in [0.15, 0.2) is 34.9 Å². The van der Waals surface area contributed by atoms with E-state index in [4.69, 9.17) is 0 Å². The molecule has 0 spiro atoms. The smallest absolute Gasteiger partial charge is 0.307 e. The SMILES string of the molecule is COC(=O)CCNc1cccc2cc(Br)cnc12. The molecule has 0 aliphatic carbocycles. The summed E-state index contributed by atoms with van der Waals surface area (Å²) < 4.78 is 5.54. The van der Waals surface area contributed by atoms with Gasteiger partial charge in [-0.25, -0.2) is 0 Å². The van der Waals surface area contributed by atoms with E-state index >= 15 is 0 Å². The van der Waals surface area contributed by atoms with Crippen molar-refractivity contribution in [2.24, 2.45) is 0 Å². The zero-order chi connectivity index (χ0) is 13.0. The van der Waals surface area contributed by atoms with E-state index < -0.39 is 0 Å². The van der Waals surface area contributed by atoms with Gasteiger partial charge in [0.05, 0.1) is 24.7 Å². The lowest BCUT2D eigenvalue weighted by Gasteiger charge is -2.08. The van der Waals surface area contributed by atoms with Crippen molar-refractivity contribution in [3.05, 3.63) is 34.9 Å². The third-order valence-electron chi connectivity index (χ3n) is 2.55. The van der Waals surface area contributed by atoms with Gasteiger partial charge in [0.2, 0.25) is 0 Å². The topological polar surface area (TPSA) is 51.2 Å². The molecule has 0 amide bonds. The number of anilines is 1. The average Bonchev–Trinajstić information content (AvgIpc) is 2.38. The van der Waals surface area contributed by atoms with Gasteiger partial charge in [-0.1, -0.05) is 12.1 Å².